The first kappa shape index (κ1) is 17.7. The zero-order chi connectivity index (χ0) is 19.8. The Labute approximate surface area is 169 Å². The standard InChI is InChI=1S/C24H21FN2O2/c1-2-28-19-13-9-16(10-14-19)21-15-22-20-5-3-4-6-23(20)29-24(27(22)26-21)17-7-11-18(25)12-8-17/h3-14,22,24H,2,15H2,1H3/t22-,24-/m0/s1. The highest BCUT2D eigenvalue weighted by Gasteiger charge is 2.40. The van der Waals surface area contributed by atoms with Gasteiger partial charge in [-0.3, -0.25) is 0 Å². The van der Waals surface area contributed by atoms with Crippen molar-refractivity contribution in [3.05, 3.63) is 95.3 Å². The van der Waals surface area contributed by atoms with Crippen molar-refractivity contribution in [1.29, 1.82) is 0 Å². The molecule has 0 radical (unpaired) electrons. The fourth-order valence-corrected chi connectivity index (χ4v) is 3.97. The zero-order valence-electron chi connectivity index (χ0n) is 16.1. The summed E-state index contributed by atoms with van der Waals surface area (Å²) in [6.45, 7) is 2.61. The van der Waals surface area contributed by atoms with Crippen molar-refractivity contribution in [3.63, 3.8) is 0 Å². The molecule has 0 unspecified atom stereocenters. The molecule has 3 aromatic rings. The van der Waals surface area contributed by atoms with Gasteiger partial charge in [0, 0.05) is 17.5 Å². The van der Waals surface area contributed by atoms with Crippen LogP contribution >= 0.6 is 0 Å². The van der Waals surface area contributed by atoms with Crippen LogP contribution in [0.1, 0.15) is 42.3 Å². The van der Waals surface area contributed by atoms with Crippen LogP contribution in [0.4, 0.5) is 4.39 Å². The van der Waals surface area contributed by atoms with Crippen LogP contribution in [-0.4, -0.2) is 17.3 Å². The highest BCUT2D eigenvalue weighted by molar-refractivity contribution is 6.02. The molecule has 2 aliphatic rings. The van der Waals surface area contributed by atoms with Crippen LogP contribution in [0.2, 0.25) is 0 Å². The largest absolute Gasteiger partial charge is 0.494 e. The van der Waals surface area contributed by atoms with E-state index in [4.69, 9.17) is 14.6 Å². The van der Waals surface area contributed by atoms with Crippen molar-refractivity contribution in [2.45, 2.75) is 25.6 Å². The van der Waals surface area contributed by atoms with Gasteiger partial charge in [-0.15, -0.1) is 0 Å². The molecule has 0 aromatic heterocycles. The van der Waals surface area contributed by atoms with Crippen molar-refractivity contribution >= 4 is 5.71 Å². The number of para-hydroxylation sites is 1. The van der Waals surface area contributed by atoms with Gasteiger partial charge in [0.2, 0.25) is 6.23 Å². The molecule has 29 heavy (non-hydrogen) atoms. The lowest BCUT2D eigenvalue weighted by atomic mass is 9.96. The molecular formula is C24H21FN2O2. The van der Waals surface area contributed by atoms with Gasteiger partial charge >= 0.3 is 0 Å². The van der Waals surface area contributed by atoms with E-state index in [9.17, 15) is 4.39 Å². The lowest BCUT2D eigenvalue weighted by Gasteiger charge is -2.38. The molecule has 5 heteroatoms. The second-order valence-electron chi connectivity index (χ2n) is 7.16. The van der Waals surface area contributed by atoms with Gasteiger partial charge in [0.1, 0.15) is 17.3 Å². The van der Waals surface area contributed by atoms with Crippen LogP contribution in [0, 0.1) is 5.82 Å². The normalized spacial score (nSPS) is 19.8. The third-order valence-corrected chi connectivity index (χ3v) is 5.35. The maximum atomic E-state index is 13.4. The van der Waals surface area contributed by atoms with Crippen molar-refractivity contribution < 1.29 is 13.9 Å². The Morgan fingerprint density at radius 3 is 2.55 bits per heavy atom. The molecule has 3 aromatic carbocycles. The fourth-order valence-electron chi connectivity index (χ4n) is 3.97. The molecule has 0 amide bonds. The van der Waals surface area contributed by atoms with Crippen LogP contribution in [0.3, 0.4) is 0 Å². The molecule has 2 atom stereocenters. The van der Waals surface area contributed by atoms with E-state index in [-0.39, 0.29) is 11.9 Å². The second kappa shape index (κ2) is 7.24. The quantitative estimate of drug-likeness (QED) is 0.595. The van der Waals surface area contributed by atoms with Gasteiger partial charge in [-0.1, -0.05) is 30.3 Å². The van der Waals surface area contributed by atoms with Gasteiger partial charge in [0.25, 0.3) is 0 Å². The van der Waals surface area contributed by atoms with Gasteiger partial charge in [-0.2, -0.15) is 5.10 Å². The number of halogens is 1. The summed E-state index contributed by atoms with van der Waals surface area (Å²) in [5, 5.41) is 6.93. The van der Waals surface area contributed by atoms with Gasteiger partial charge < -0.3 is 9.47 Å². The number of hydrazone groups is 1. The molecule has 0 saturated heterocycles. The Morgan fingerprint density at radius 2 is 1.79 bits per heavy atom. The summed E-state index contributed by atoms with van der Waals surface area (Å²) in [6.07, 6.45) is 0.391. The van der Waals surface area contributed by atoms with E-state index in [0.29, 0.717) is 6.61 Å². The number of benzene rings is 3. The highest BCUT2D eigenvalue weighted by atomic mass is 19.1. The van der Waals surface area contributed by atoms with E-state index in [0.717, 1.165) is 40.3 Å². The molecule has 0 aliphatic carbocycles. The molecule has 4 nitrogen and oxygen atoms in total. The smallest absolute Gasteiger partial charge is 0.213 e. The van der Waals surface area contributed by atoms with Crippen LogP contribution in [0.15, 0.2) is 77.9 Å². The van der Waals surface area contributed by atoms with E-state index in [1.54, 1.807) is 12.1 Å². The molecule has 0 N–H and O–H groups in total. The van der Waals surface area contributed by atoms with E-state index >= 15 is 0 Å². The topological polar surface area (TPSA) is 34.1 Å². The molecule has 5 rings (SSSR count). The predicted octanol–water partition coefficient (Wildman–Crippen LogP) is 5.47. The molecule has 0 fully saturated rings. The van der Waals surface area contributed by atoms with Crippen molar-refractivity contribution in [2.75, 3.05) is 6.61 Å². The second-order valence-corrected chi connectivity index (χ2v) is 7.16. The zero-order valence-corrected chi connectivity index (χ0v) is 16.1. The van der Waals surface area contributed by atoms with Gasteiger partial charge in [0.05, 0.1) is 18.4 Å². The van der Waals surface area contributed by atoms with E-state index in [1.807, 2.05) is 54.4 Å². The van der Waals surface area contributed by atoms with E-state index in [1.165, 1.54) is 12.1 Å². The van der Waals surface area contributed by atoms with Crippen LogP contribution in [0.5, 0.6) is 11.5 Å². The molecule has 0 spiro atoms. The number of nitrogens with zero attached hydrogens (tertiary/aromatic N) is 2. The summed E-state index contributed by atoms with van der Waals surface area (Å²) in [5.41, 5.74) is 4.07. The first-order chi connectivity index (χ1) is 14.2. The summed E-state index contributed by atoms with van der Waals surface area (Å²) in [7, 11) is 0. The monoisotopic (exact) mass is 388 g/mol. The Bertz CT molecular complexity index is 1050. The Kier molecular flexibility index (Phi) is 4.43. The first-order valence-corrected chi connectivity index (χ1v) is 9.83. The summed E-state index contributed by atoms with van der Waals surface area (Å²) in [6, 6.07) is 22.6. The maximum absolute atomic E-state index is 13.4. The van der Waals surface area contributed by atoms with Crippen molar-refractivity contribution in [3.8, 4) is 11.5 Å². The number of hydrogen-bond acceptors (Lipinski definition) is 4. The lowest BCUT2D eigenvalue weighted by molar-refractivity contribution is -0.0190. The van der Waals surface area contributed by atoms with E-state index in [2.05, 4.69) is 6.07 Å². The summed E-state index contributed by atoms with van der Waals surface area (Å²) < 4.78 is 25.3. The minimum absolute atomic E-state index is 0.0802. The Morgan fingerprint density at radius 1 is 1.03 bits per heavy atom. The number of hydrogen-bond donors (Lipinski definition) is 0. The average molecular weight is 388 g/mol. The summed E-state index contributed by atoms with van der Waals surface area (Å²) >= 11 is 0. The Hall–Kier alpha value is -3.34. The van der Waals surface area contributed by atoms with E-state index < -0.39 is 6.23 Å². The lowest BCUT2D eigenvalue weighted by Crippen LogP contribution is -2.33. The van der Waals surface area contributed by atoms with Crippen molar-refractivity contribution in [1.82, 2.24) is 5.01 Å². The number of ether oxygens (including phenoxy) is 2. The van der Waals surface area contributed by atoms with Crippen LogP contribution in [0.25, 0.3) is 0 Å². The maximum Gasteiger partial charge on any atom is 0.213 e. The van der Waals surface area contributed by atoms with Crippen LogP contribution < -0.4 is 9.47 Å². The third-order valence-electron chi connectivity index (χ3n) is 5.35. The number of rotatable bonds is 4. The van der Waals surface area contributed by atoms with Crippen molar-refractivity contribution in [2.24, 2.45) is 5.10 Å². The molecule has 0 saturated carbocycles. The highest BCUT2D eigenvalue weighted by Crippen LogP contribution is 2.47. The molecule has 0 bridgehead atoms. The molecular weight excluding hydrogens is 367 g/mol. The minimum atomic E-state index is -0.393. The third kappa shape index (κ3) is 3.23. The van der Waals surface area contributed by atoms with Gasteiger partial charge in [-0.25, -0.2) is 9.40 Å². The number of fused-ring (bicyclic) bond motifs is 3. The fraction of sp³-hybridized carbons (Fsp3) is 0.208. The molecule has 2 heterocycles. The van der Waals surface area contributed by atoms with Gasteiger partial charge in [-0.05, 0) is 55.0 Å². The van der Waals surface area contributed by atoms with Gasteiger partial charge in [0.15, 0.2) is 0 Å². The molecule has 2 aliphatic heterocycles. The summed E-state index contributed by atoms with van der Waals surface area (Å²) in [4.78, 5) is 0. The SMILES string of the molecule is CCOc1ccc(C2=NN3[C@@H](C2)c2ccccc2O[C@H]3c2ccc(F)cc2)cc1. The Balaban J connectivity index is 1.52. The first-order valence-electron chi connectivity index (χ1n) is 9.83. The minimum Gasteiger partial charge on any atom is -0.494 e. The average Bonchev–Trinajstić information content (AvgIpc) is 3.20. The predicted molar refractivity (Wildman–Crippen MR) is 110 cm³/mol. The van der Waals surface area contributed by atoms with Crippen LogP contribution in [-0.2, 0) is 0 Å². The molecule has 146 valence electrons. The summed E-state index contributed by atoms with van der Waals surface area (Å²) in [5.74, 6) is 1.44.